The van der Waals surface area contributed by atoms with Crippen molar-refractivity contribution in [3.8, 4) is 0 Å². The SMILES string of the molecule is CC=C(C)c1ccc(N(CC(C)C)CC(C)CC(F)(F)F)c(NC(=O)Nc2ccc(C)cc2)c1. The number of aryl methyl sites for hydroxylation is 1. The third-order valence-corrected chi connectivity index (χ3v) is 5.48. The number of halogens is 3. The van der Waals surface area contributed by atoms with Crippen molar-refractivity contribution in [1.82, 2.24) is 0 Å². The number of carbonyl (C=O) groups excluding carboxylic acids is 1. The predicted octanol–water partition coefficient (Wildman–Crippen LogP) is 8.11. The van der Waals surface area contributed by atoms with Crippen LogP contribution in [0.1, 0.15) is 52.2 Å². The zero-order valence-electron chi connectivity index (χ0n) is 20.9. The third-order valence-electron chi connectivity index (χ3n) is 5.48. The minimum absolute atomic E-state index is 0.226. The number of carbonyl (C=O) groups is 1. The van der Waals surface area contributed by atoms with Crippen LogP contribution < -0.4 is 15.5 Å². The highest BCUT2D eigenvalue weighted by atomic mass is 19.4. The van der Waals surface area contributed by atoms with Gasteiger partial charge >= 0.3 is 12.2 Å². The van der Waals surface area contributed by atoms with E-state index in [1.165, 1.54) is 0 Å². The van der Waals surface area contributed by atoms with E-state index in [1.54, 1.807) is 6.92 Å². The summed E-state index contributed by atoms with van der Waals surface area (Å²) in [6.45, 7) is 12.3. The van der Waals surface area contributed by atoms with Crippen LogP contribution in [0.5, 0.6) is 0 Å². The van der Waals surface area contributed by atoms with E-state index < -0.39 is 24.5 Å². The van der Waals surface area contributed by atoms with Crippen LogP contribution in [0.25, 0.3) is 5.57 Å². The molecule has 4 nitrogen and oxygen atoms in total. The van der Waals surface area contributed by atoms with Gasteiger partial charge in [0.25, 0.3) is 0 Å². The van der Waals surface area contributed by atoms with Gasteiger partial charge in [-0.25, -0.2) is 4.79 Å². The van der Waals surface area contributed by atoms with E-state index in [2.05, 4.69) is 10.6 Å². The zero-order chi connectivity index (χ0) is 25.5. The van der Waals surface area contributed by atoms with E-state index in [0.29, 0.717) is 23.6 Å². The number of hydrogen-bond donors (Lipinski definition) is 2. The molecule has 0 saturated heterocycles. The van der Waals surface area contributed by atoms with Crippen LogP contribution in [0.3, 0.4) is 0 Å². The van der Waals surface area contributed by atoms with Crippen molar-refractivity contribution < 1.29 is 18.0 Å². The molecule has 0 bridgehead atoms. The molecule has 0 aliphatic heterocycles. The number of nitrogens with one attached hydrogen (secondary N) is 2. The molecule has 2 aromatic carbocycles. The molecule has 0 aliphatic rings. The number of nitrogens with zero attached hydrogens (tertiary/aromatic N) is 1. The summed E-state index contributed by atoms with van der Waals surface area (Å²) in [6.07, 6.45) is -3.10. The molecular weight excluding hydrogens is 439 g/mol. The van der Waals surface area contributed by atoms with Gasteiger partial charge in [0.1, 0.15) is 0 Å². The Morgan fingerprint density at radius 3 is 2.24 bits per heavy atom. The number of rotatable bonds is 9. The number of alkyl halides is 3. The number of anilines is 3. The van der Waals surface area contributed by atoms with E-state index in [0.717, 1.165) is 16.7 Å². The van der Waals surface area contributed by atoms with Gasteiger partial charge < -0.3 is 15.5 Å². The van der Waals surface area contributed by atoms with E-state index in [4.69, 9.17) is 0 Å². The van der Waals surface area contributed by atoms with Crippen molar-refractivity contribution in [2.75, 3.05) is 28.6 Å². The van der Waals surface area contributed by atoms with Crippen LogP contribution >= 0.6 is 0 Å². The Hall–Kier alpha value is -2.96. The molecule has 34 heavy (non-hydrogen) atoms. The van der Waals surface area contributed by atoms with Gasteiger partial charge in [-0.05, 0) is 68.0 Å². The van der Waals surface area contributed by atoms with Gasteiger partial charge in [-0.2, -0.15) is 13.2 Å². The molecule has 2 N–H and O–H groups in total. The Balaban J connectivity index is 2.38. The van der Waals surface area contributed by atoms with Crippen molar-refractivity contribution in [3.05, 3.63) is 59.7 Å². The van der Waals surface area contributed by atoms with E-state index in [9.17, 15) is 18.0 Å². The summed E-state index contributed by atoms with van der Waals surface area (Å²) in [7, 11) is 0. The van der Waals surface area contributed by atoms with Crippen LogP contribution in [0.2, 0.25) is 0 Å². The first kappa shape index (κ1) is 27.3. The molecule has 1 atom stereocenters. The molecule has 2 rings (SSSR count). The molecule has 0 radical (unpaired) electrons. The number of amides is 2. The molecule has 7 heteroatoms. The average molecular weight is 476 g/mol. The largest absolute Gasteiger partial charge is 0.389 e. The molecule has 1 unspecified atom stereocenters. The van der Waals surface area contributed by atoms with E-state index in [1.807, 2.05) is 88.1 Å². The fourth-order valence-electron chi connectivity index (χ4n) is 3.79. The van der Waals surface area contributed by atoms with Crippen molar-refractivity contribution in [1.29, 1.82) is 0 Å². The maximum absolute atomic E-state index is 13.0. The highest BCUT2D eigenvalue weighted by Crippen LogP contribution is 2.33. The zero-order valence-corrected chi connectivity index (χ0v) is 20.9. The lowest BCUT2D eigenvalue weighted by atomic mass is 10.0. The van der Waals surface area contributed by atoms with Crippen LogP contribution in [-0.2, 0) is 0 Å². The van der Waals surface area contributed by atoms with Crippen molar-refractivity contribution in [3.63, 3.8) is 0 Å². The van der Waals surface area contributed by atoms with Gasteiger partial charge in [0.15, 0.2) is 0 Å². The molecule has 2 amide bonds. The fourth-order valence-corrected chi connectivity index (χ4v) is 3.79. The maximum Gasteiger partial charge on any atom is 0.389 e. The molecule has 0 saturated carbocycles. The Morgan fingerprint density at radius 1 is 1.03 bits per heavy atom. The van der Waals surface area contributed by atoms with Gasteiger partial charge in [-0.1, -0.05) is 50.6 Å². The maximum atomic E-state index is 13.0. The molecule has 2 aromatic rings. The lowest BCUT2D eigenvalue weighted by Crippen LogP contribution is -2.34. The van der Waals surface area contributed by atoms with Gasteiger partial charge in [0, 0.05) is 25.2 Å². The van der Waals surface area contributed by atoms with Crippen LogP contribution in [0, 0.1) is 18.8 Å². The van der Waals surface area contributed by atoms with Gasteiger partial charge in [0.05, 0.1) is 11.4 Å². The van der Waals surface area contributed by atoms with Gasteiger partial charge in [-0.15, -0.1) is 0 Å². The highest BCUT2D eigenvalue weighted by Gasteiger charge is 2.31. The fraction of sp³-hybridized carbons (Fsp3) is 0.444. The molecule has 0 aromatic heterocycles. The summed E-state index contributed by atoms with van der Waals surface area (Å²) >= 11 is 0. The van der Waals surface area contributed by atoms with E-state index >= 15 is 0 Å². The van der Waals surface area contributed by atoms with Gasteiger partial charge in [-0.3, -0.25) is 0 Å². The second-order valence-electron chi connectivity index (χ2n) is 9.37. The van der Waals surface area contributed by atoms with Gasteiger partial charge in [0.2, 0.25) is 0 Å². The summed E-state index contributed by atoms with van der Waals surface area (Å²) in [5.74, 6) is -0.366. The van der Waals surface area contributed by atoms with Crippen LogP contribution in [0.15, 0.2) is 48.5 Å². The first-order chi connectivity index (χ1) is 15.9. The van der Waals surface area contributed by atoms with Crippen LogP contribution in [-0.4, -0.2) is 25.3 Å². The van der Waals surface area contributed by atoms with Crippen molar-refractivity contribution in [2.24, 2.45) is 11.8 Å². The second-order valence-corrected chi connectivity index (χ2v) is 9.37. The van der Waals surface area contributed by atoms with Crippen molar-refractivity contribution in [2.45, 2.75) is 54.1 Å². The number of allylic oxidation sites excluding steroid dienone is 2. The topological polar surface area (TPSA) is 44.4 Å². The third kappa shape index (κ3) is 8.76. The summed E-state index contributed by atoms with van der Waals surface area (Å²) in [5, 5.41) is 5.75. The van der Waals surface area contributed by atoms with Crippen LogP contribution in [0.4, 0.5) is 35.0 Å². The minimum atomic E-state index is -4.22. The molecule has 0 aliphatic carbocycles. The molecule has 0 fully saturated rings. The number of hydrogen-bond acceptors (Lipinski definition) is 2. The summed E-state index contributed by atoms with van der Waals surface area (Å²) < 4.78 is 39.0. The average Bonchev–Trinajstić information content (AvgIpc) is 2.72. The molecule has 0 heterocycles. The first-order valence-electron chi connectivity index (χ1n) is 11.6. The summed E-state index contributed by atoms with van der Waals surface area (Å²) in [4.78, 5) is 14.8. The Labute approximate surface area is 201 Å². The monoisotopic (exact) mass is 475 g/mol. The van der Waals surface area contributed by atoms with E-state index in [-0.39, 0.29) is 12.5 Å². The summed E-state index contributed by atoms with van der Waals surface area (Å²) in [5.41, 5.74) is 4.97. The number of urea groups is 1. The number of benzene rings is 2. The van der Waals surface area contributed by atoms with Crippen molar-refractivity contribution >= 4 is 28.7 Å². The lowest BCUT2D eigenvalue weighted by Gasteiger charge is -2.32. The lowest BCUT2D eigenvalue weighted by molar-refractivity contribution is -0.142. The summed E-state index contributed by atoms with van der Waals surface area (Å²) in [6, 6.07) is 12.7. The minimum Gasteiger partial charge on any atom is -0.369 e. The highest BCUT2D eigenvalue weighted by molar-refractivity contribution is 6.02. The Kier molecular flexibility index (Phi) is 9.59. The Morgan fingerprint density at radius 2 is 1.68 bits per heavy atom. The Bertz CT molecular complexity index is 982. The molecule has 0 spiro atoms. The molecular formula is C27H36F3N3O. The quantitative estimate of drug-likeness (QED) is 0.385. The smallest absolute Gasteiger partial charge is 0.369 e. The normalized spacial score (nSPS) is 13.1. The molecule has 186 valence electrons. The first-order valence-corrected chi connectivity index (χ1v) is 11.6. The standard InChI is InChI=1S/C27H36F3N3O/c1-7-21(6)22-10-13-25(33(16-18(2)3)17-20(5)15-27(28,29)30)24(14-22)32-26(34)31-23-11-8-19(4)9-12-23/h7-14,18,20H,15-17H2,1-6H3,(H2,31,32,34). The second kappa shape index (κ2) is 12.0. The predicted molar refractivity (Wildman–Crippen MR) is 136 cm³/mol.